The summed E-state index contributed by atoms with van der Waals surface area (Å²) in [6, 6.07) is 10.3. The molecule has 0 bridgehead atoms. The van der Waals surface area contributed by atoms with Crippen molar-refractivity contribution >= 4 is 27.5 Å². The van der Waals surface area contributed by atoms with E-state index in [0.29, 0.717) is 5.02 Å². The summed E-state index contributed by atoms with van der Waals surface area (Å²) >= 11 is 9.57. The maximum atomic E-state index is 6.09. The Labute approximate surface area is 139 Å². The standard InChI is InChI=1S/C17H19BrClNO/c1-10-5-7-13(17(21-4)11(10)2)16(20-3)12-6-8-15(19)14(18)9-12/h5-9,16,20H,1-4H3. The molecule has 0 aliphatic rings. The minimum atomic E-state index is 0.0489. The van der Waals surface area contributed by atoms with Crippen molar-refractivity contribution in [2.24, 2.45) is 0 Å². The number of ether oxygens (including phenoxy) is 1. The van der Waals surface area contributed by atoms with Crippen LogP contribution in [0.15, 0.2) is 34.8 Å². The molecule has 2 nitrogen and oxygen atoms in total. The second-order valence-electron chi connectivity index (χ2n) is 5.03. The number of methoxy groups -OCH3 is 1. The Kier molecular flexibility index (Phi) is 5.31. The largest absolute Gasteiger partial charge is 0.496 e. The average molecular weight is 369 g/mol. The number of halogens is 2. The Morgan fingerprint density at radius 1 is 1.19 bits per heavy atom. The summed E-state index contributed by atoms with van der Waals surface area (Å²) in [6.07, 6.45) is 0. The highest BCUT2D eigenvalue weighted by molar-refractivity contribution is 9.10. The Morgan fingerprint density at radius 3 is 2.48 bits per heavy atom. The maximum absolute atomic E-state index is 6.09. The van der Waals surface area contributed by atoms with E-state index in [0.717, 1.165) is 21.3 Å². The maximum Gasteiger partial charge on any atom is 0.127 e. The second-order valence-corrected chi connectivity index (χ2v) is 6.29. The topological polar surface area (TPSA) is 21.3 Å². The Morgan fingerprint density at radius 2 is 1.90 bits per heavy atom. The van der Waals surface area contributed by atoms with E-state index in [2.05, 4.69) is 47.2 Å². The van der Waals surface area contributed by atoms with Crippen molar-refractivity contribution in [2.75, 3.05) is 14.2 Å². The van der Waals surface area contributed by atoms with Crippen molar-refractivity contribution in [3.05, 3.63) is 62.1 Å². The lowest BCUT2D eigenvalue weighted by atomic mass is 9.94. The molecule has 4 heteroatoms. The van der Waals surface area contributed by atoms with E-state index in [4.69, 9.17) is 16.3 Å². The number of aryl methyl sites for hydroxylation is 1. The van der Waals surface area contributed by atoms with E-state index in [1.54, 1.807) is 7.11 Å². The molecule has 1 N–H and O–H groups in total. The molecule has 0 saturated carbocycles. The zero-order valence-corrected chi connectivity index (χ0v) is 15.0. The molecular formula is C17H19BrClNO. The van der Waals surface area contributed by atoms with Gasteiger partial charge in [-0.25, -0.2) is 0 Å². The molecule has 0 fully saturated rings. The third kappa shape index (κ3) is 3.25. The first-order valence-corrected chi connectivity index (χ1v) is 7.93. The van der Waals surface area contributed by atoms with Gasteiger partial charge in [-0.05, 0) is 65.6 Å². The highest BCUT2D eigenvalue weighted by Crippen LogP contribution is 2.35. The van der Waals surface area contributed by atoms with Crippen LogP contribution in [-0.2, 0) is 0 Å². The van der Waals surface area contributed by atoms with E-state index in [9.17, 15) is 0 Å². The highest BCUT2D eigenvalue weighted by Gasteiger charge is 2.19. The van der Waals surface area contributed by atoms with Crippen LogP contribution in [0.1, 0.15) is 28.3 Å². The third-order valence-electron chi connectivity index (χ3n) is 3.79. The minimum absolute atomic E-state index is 0.0489. The van der Waals surface area contributed by atoms with Gasteiger partial charge in [-0.15, -0.1) is 0 Å². The Balaban J connectivity index is 2.56. The van der Waals surface area contributed by atoms with Gasteiger partial charge in [-0.2, -0.15) is 0 Å². The quantitative estimate of drug-likeness (QED) is 0.816. The Bertz CT molecular complexity index is 657. The van der Waals surface area contributed by atoms with Gasteiger partial charge in [0, 0.05) is 10.0 Å². The zero-order chi connectivity index (χ0) is 15.6. The van der Waals surface area contributed by atoms with Crippen molar-refractivity contribution in [1.82, 2.24) is 5.32 Å². The summed E-state index contributed by atoms with van der Waals surface area (Å²) < 4.78 is 6.53. The Hall–Kier alpha value is -1.03. The fourth-order valence-corrected chi connectivity index (χ4v) is 3.02. The van der Waals surface area contributed by atoms with E-state index in [1.165, 1.54) is 11.1 Å². The fourth-order valence-electron chi connectivity index (χ4n) is 2.50. The number of nitrogens with one attached hydrogen (secondary N) is 1. The monoisotopic (exact) mass is 367 g/mol. The predicted molar refractivity (Wildman–Crippen MR) is 92.5 cm³/mol. The van der Waals surface area contributed by atoms with Crippen molar-refractivity contribution < 1.29 is 4.74 Å². The molecule has 112 valence electrons. The molecule has 0 amide bonds. The summed E-state index contributed by atoms with van der Waals surface area (Å²) in [4.78, 5) is 0. The molecule has 1 atom stereocenters. The molecule has 0 spiro atoms. The number of rotatable bonds is 4. The first kappa shape index (κ1) is 16.3. The summed E-state index contributed by atoms with van der Waals surface area (Å²) in [5.74, 6) is 0.931. The van der Waals surface area contributed by atoms with Gasteiger partial charge in [0.25, 0.3) is 0 Å². The molecule has 0 aliphatic heterocycles. The number of benzene rings is 2. The van der Waals surface area contributed by atoms with Crippen molar-refractivity contribution in [3.63, 3.8) is 0 Å². The zero-order valence-electron chi connectivity index (χ0n) is 12.6. The van der Waals surface area contributed by atoms with Crippen LogP contribution in [0.25, 0.3) is 0 Å². The third-order valence-corrected chi connectivity index (χ3v) is 5.00. The molecule has 2 aromatic rings. The van der Waals surface area contributed by atoms with Gasteiger partial charge in [-0.3, -0.25) is 0 Å². The molecule has 0 radical (unpaired) electrons. The highest BCUT2D eigenvalue weighted by atomic mass is 79.9. The van der Waals surface area contributed by atoms with Gasteiger partial charge in [0.2, 0.25) is 0 Å². The molecule has 2 rings (SSSR count). The van der Waals surface area contributed by atoms with Gasteiger partial charge >= 0.3 is 0 Å². The van der Waals surface area contributed by atoms with E-state index in [-0.39, 0.29) is 6.04 Å². The molecule has 21 heavy (non-hydrogen) atoms. The van der Waals surface area contributed by atoms with Crippen LogP contribution in [0.5, 0.6) is 5.75 Å². The predicted octanol–water partition coefficient (Wildman–Crippen LogP) is 5.04. The van der Waals surface area contributed by atoms with Gasteiger partial charge in [0.15, 0.2) is 0 Å². The van der Waals surface area contributed by atoms with E-state index >= 15 is 0 Å². The van der Waals surface area contributed by atoms with Crippen LogP contribution >= 0.6 is 27.5 Å². The van der Waals surface area contributed by atoms with E-state index in [1.807, 2.05) is 25.2 Å². The van der Waals surface area contributed by atoms with Crippen LogP contribution in [0.4, 0.5) is 0 Å². The van der Waals surface area contributed by atoms with Gasteiger partial charge in [0.05, 0.1) is 18.2 Å². The molecule has 2 aromatic carbocycles. The number of hydrogen-bond donors (Lipinski definition) is 1. The molecule has 1 unspecified atom stereocenters. The normalized spacial score (nSPS) is 12.3. The molecule has 0 saturated heterocycles. The van der Waals surface area contributed by atoms with Crippen LogP contribution < -0.4 is 10.1 Å². The van der Waals surface area contributed by atoms with Crippen molar-refractivity contribution in [1.29, 1.82) is 0 Å². The summed E-state index contributed by atoms with van der Waals surface area (Å²) in [7, 11) is 3.66. The number of hydrogen-bond acceptors (Lipinski definition) is 2. The van der Waals surface area contributed by atoms with Crippen LogP contribution in [-0.4, -0.2) is 14.2 Å². The van der Waals surface area contributed by atoms with Crippen LogP contribution in [0.3, 0.4) is 0 Å². The van der Waals surface area contributed by atoms with E-state index < -0.39 is 0 Å². The first-order valence-electron chi connectivity index (χ1n) is 6.76. The SMILES string of the molecule is CNC(c1ccc(Cl)c(Br)c1)c1ccc(C)c(C)c1OC. The average Bonchev–Trinajstić information content (AvgIpc) is 2.47. The fraction of sp³-hybridized carbons (Fsp3) is 0.294. The lowest BCUT2D eigenvalue weighted by Gasteiger charge is -2.22. The summed E-state index contributed by atoms with van der Waals surface area (Å²) in [5, 5.41) is 4.07. The minimum Gasteiger partial charge on any atom is -0.496 e. The lowest BCUT2D eigenvalue weighted by Crippen LogP contribution is -2.19. The summed E-state index contributed by atoms with van der Waals surface area (Å²) in [5.41, 5.74) is 4.65. The van der Waals surface area contributed by atoms with Gasteiger partial charge < -0.3 is 10.1 Å². The smallest absolute Gasteiger partial charge is 0.127 e. The van der Waals surface area contributed by atoms with Crippen LogP contribution in [0, 0.1) is 13.8 Å². The van der Waals surface area contributed by atoms with Crippen molar-refractivity contribution in [3.8, 4) is 5.75 Å². The molecule has 0 aromatic heterocycles. The van der Waals surface area contributed by atoms with Crippen molar-refractivity contribution in [2.45, 2.75) is 19.9 Å². The molecule has 0 heterocycles. The molecule has 0 aliphatic carbocycles. The van der Waals surface area contributed by atoms with Gasteiger partial charge in [-0.1, -0.05) is 29.8 Å². The summed E-state index contributed by atoms with van der Waals surface area (Å²) in [6.45, 7) is 4.18. The first-order chi connectivity index (χ1) is 9.99. The van der Waals surface area contributed by atoms with Crippen LogP contribution in [0.2, 0.25) is 5.02 Å². The molecular weight excluding hydrogens is 350 g/mol. The lowest BCUT2D eigenvalue weighted by molar-refractivity contribution is 0.402. The van der Waals surface area contributed by atoms with Gasteiger partial charge in [0.1, 0.15) is 5.75 Å². The second kappa shape index (κ2) is 6.82.